The SMILES string of the molecule is CSCCC(=O)Nc1ccccc1OCC(=O)O. The highest BCUT2D eigenvalue weighted by atomic mass is 32.2. The van der Waals surface area contributed by atoms with Crippen LogP contribution in [0.15, 0.2) is 24.3 Å². The van der Waals surface area contributed by atoms with Gasteiger partial charge in [0.2, 0.25) is 5.91 Å². The maximum Gasteiger partial charge on any atom is 0.341 e. The number of carboxylic acids is 1. The number of anilines is 1. The predicted molar refractivity (Wildman–Crippen MR) is 71.2 cm³/mol. The molecule has 0 fully saturated rings. The molecule has 0 spiro atoms. The van der Waals surface area contributed by atoms with E-state index in [1.807, 2.05) is 6.26 Å². The maximum absolute atomic E-state index is 11.6. The molecule has 0 heterocycles. The molecular formula is C12H15NO4S. The number of thioether (sulfide) groups is 1. The van der Waals surface area contributed by atoms with E-state index in [4.69, 9.17) is 9.84 Å². The van der Waals surface area contributed by atoms with Crippen LogP contribution in [0.4, 0.5) is 5.69 Å². The number of carboxylic acid groups (broad SMARTS) is 1. The van der Waals surface area contributed by atoms with Crippen molar-refractivity contribution in [3.8, 4) is 5.75 Å². The summed E-state index contributed by atoms with van der Waals surface area (Å²) in [6.45, 7) is -0.433. The zero-order valence-corrected chi connectivity index (χ0v) is 10.8. The second-order valence-electron chi connectivity index (χ2n) is 3.47. The topological polar surface area (TPSA) is 75.6 Å². The molecule has 0 saturated heterocycles. The molecule has 2 N–H and O–H groups in total. The van der Waals surface area contributed by atoms with Gasteiger partial charge in [0, 0.05) is 12.2 Å². The van der Waals surface area contributed by atoms with Crippen LogP contribution < -0.4 is 10.1 Å². The van der Waals surface area contributed by atoms with E-state index in [1.54, 1.807) is 36.0 Å². The fraction of sp³-hybridized carbons (Fsp3) is 0.333. The second kappa shape index (κ2) is 7.60. The van der Waals surface area contributed by atoms with Crippen LogP contribution in [0.3, 0.4) is 0 Å². The molecule has 0 aliphatic heterocycles. The summed E-state index contributed by atoms with van der Waals surface area (Å²) in [5.41, 5.74) is 0.491. The Morgan fingerprint density at radius 3 is 2.78 bits per heavy atom. The third-order valence-corrected chi connectivity index (χ3v) is 2.66. The van der Waals surface area contributed by atoms with Gasteiger partial charge in [0.25, 0.3) is 0 Å². The van der Waals surface area contributed by atoms with Crippen LogP contribution in [0.5, 0.6) is 5.75 Å². The Kier molecular flexibility index (Phi) is 6.07. The van der Waals surface area contributed by atoms with Crippen molar-refractivity contribution in [1.29, 1.82) is 0 Å². The molecule has 6 heteroatoms. The number of para-hydroxylation sites is 2. The van der Waals surface area contributed by atoms with E-state index < -0.39 is 12.6 Å². The lowest BCUT2D eigenvalue weighted by Gasteiger charge is -2.10. The first-order valence-corrected chi connectivity index (χ1v) is 6.75. The maximum atomic E-state index is 11.6. The molecule has 0 aliphatic rings. The van der Waals surface area contributed by atoms with Crippen molar-refractivity contribution in [2.75, 3.05) is 23.9 Å². The molecule has 5 nitrogen and oxygen atoms in total. The minimum atomic E-state index is -1.06. The Labute approximate surface area is 110 Å². The average molecular weight is 269 g/mol. The van der Waals surface area contributed by atoms with E-state index in [0.717, 1.165) is 5.75 Å². The summed E-state index contributed by atoms with van der Waals surface area (Å²) in [7, 11) is 0. The summed E-state index contributed by atoms with van der Waals surface area (Å²) in [5.74, 6) is -0.0732. The number of hydrogen-bond donors (Lipinski definition) is 2. The number of carbonyl (C=O) groups is 2. The Morgan fingerprint density at radius 2 is 2.11 bits per heavy atom. The van der Waals surface area contributed by atoms with Crippen molar-refractivity contribution in [1.82, 2.24) is 0 Å². The Bertz CT molecular complexity index is 422. The van der Waals surface area contributed by atoms with E-state index in [1.165, 1.54) is 0 Å². The fourth-order valence-corrected chi connectivity index (χ4v) is 1.63. The van der Waals surface area contributed by atoms with Gasteiger partial charge in [-0.3, -0.25) is 4.79 Å². The zero-order valence-electron chi connectivity index (χ0n) is 10.0. The number of carbonyl (C=O) groups excluding carboxylic acids is 1. The summed E-state index contributed by atoms with van der Waals surface area (Å²) in [4.78, 5) is 22.0. The van der Waals surface area contributed by atoms with Gasteiger partial charge in [-0.2, -0.15) is 11.8 Å². The lowest BCUT2D eigenvalue weighted by molar-refractivity contribution is -0.139. The number of ether oxygens (including phenoxy) is 1. The van der Waals surface area contributed by atoms with Crippen molar-refractivity contribution in [2.45, 2.75) is 6.42 Å². The van der Waals surface area contributed by atoms with Crippen LogP contribution >= 0.6 is 11.8 Å². The Morgan fingerprint density at radius 1 is 1.39 bits per heavy atom. The summed E-state index contributed by atoms with van der Waals surface area (Å²) >= 11 is 1.59. The number of aliphatic carboxylic acids is 1. The standard InChI is InChI=1S/C12H15NO4S/c1-18-7-6-11(14)13-9-4-2-3-5-10(9)17-8-12(15)16/h2-5H,6-8H2,1H3,(H,13,14)(H,15,16). The molecule has 0 atom stereocenters. The Balaban J connectivity index is 2.63. The van der Waals surface area contributed by atoms with Gasteiger partial charge in [-0.05, 0) is 18.4 Å². The summed E-state index contributed by atoms with van der Waals surface area (Å²) in [5, 5.41) is 11.2. The van der Waals surface area contributed by atoms with Crippen LogP contribution in [-0.2, 0) is 9.59 Å². The first-order valence-electron chi connectivity index (χ1n) is 5.36. The van der Waals surface area contributed by atoms with Crippen LogP contribution in [-0.4, -0.2) is 35.6 Å². The predicted octanol–water partition coefficient (Wildman–Crippen LogP) is 1.84. The number of rotatable bonds is 7. The average Bonchev–Trinajstić information content (AvgIpc) is 2.35. The molecule has 1 amide bonds. The third-order valence-electron chi connectivity index (χ3n) is 2.05. The second-order valence-corrected chi connectivity index (χ2v) is 4.46. The molecule has 0 aliphatic carbocycles. The van der Waals surface area contributed by atoms with Crippen LogP contribution in [0.2, 0.25) is 0 Å². The molecule has 1 rings (SSSR count). The van der Waals surface area contributed by atoms with E-state index in [2.05, 4.69) is 5.32 Å². The third kappa shape index (κ3) is 5.09. The molecule has 18 heavy (non-hydrogen) atoms. The van der Waals surface area contributed by atoms with Gasteiger partial charge >= 0.3 is 5.97 Å². The quantitative estimate of drug-likeness (QED) is 0.790. The van der Waals surface area contributed by atoms with E-state index in [9.17, 15) is 9.59 Å². The highest BCUT2D eigenvalue weighted by Crippen LogP contribution is 2.23. The van der Waals surface area contributed by atoms with Gasteiger partial charge < -0.3 is 15.2 Å². The molecule has 1 aromatic carbocycles. The van der Waals surface area contributed by atoms with Gasteiger partial charge in [0.05, 0.1) is 5.69 Å². The van der Waals surface area contributed by atoms with Gasteiger partial charge in [-0.1, -0.05) is 12.1 Å². The highest BCUT2D eigenvalue weighted by Gasteiger charge is 2.08. The molecule has 1 aromatic rings. The molecule has 0 unspecified atom stereocenters. The number of benzene rings is 1. The summed E-state index contributed by atoms with van der Waals surface area (Å²) in [6, 6.07) is 6.76. The smallest absolute Gasteiger partial charge is 0.341 e. The van der Waals surface area contributed by atoms with E-state index in [0.29, 0.717) is 17.9 Å². The van der Waals surface area contributed by atoms with Crippen molar-refractivity contribution in [3.05, 3.63) is 24.3 Å². The number of hydrogen-bond acceptors (Lipinski definition) is 4. The normalized spacial score (nSPS) is 9.83. The Hall–Kier alpha value is -1.69. The van der Waals surface area contributed by atoms with Crippen LogP contribution in [0.25, 0.3) is 0 Å². The lowest BCUT2D eigenvalue weighted by atomic mass is 10.3. The van der Waals surface area contributed by atoms with E-state index in [-0.39, 0.29) is 5.91 Å². The van der Waals surface area contributed by atoms with Gasteiger partial charge in [-0.15, -0.1) is 0 Å². The van der Waals surface area contributed by atoms with E-state index >= 15 is 0 Å². The molecule has 0 aromatic heterocycles. The summed E-state index contributed by atoms with van der Waals surface area (Å²) in [6.07, 6.45) is 2.34. The van der Waals surface area contributed by atoms with Gasteiger partial charge in [-0.25, -0.2) is 4.79 Å². The largest absolute Gasteiger partial charge is 0.480 e. The van der Waals surface area contributed by atoms with Crippen molar-refractivity contribution in [2.24, 2.45) is 0 Å². The molecule has 0 saturated carbocycles. The lowest BCUT2D eigenvalue weighted by Crippen LogP contribution is -2.15. The minimum absolute atomic E-state index is 0.115. The first kappa shape index (κ1) is 14.4. The van der Waals surface area contributed by atoms with Gasteiger partial charge in [0.15, 0.2) is 6.61 Å². The fourth-order valence-electron chi connectivity index (χ4n) is 1.24. The zero-order chi connectivity index (χ0) is 13.4. The molecule has 0 radical (unpaired) electrons. The summed E-state index contributed by atoms with van der Waals surface area (Å²) < 4.78 is 5.08. The first-order chi connectivity index (χ1) is 8.63. The highest BCUT2D eigenvalue weighted by molar-refractivity contribution is 7.98. The molecule has 0 bridgehead atoms. The van der Waals surface area contributed by atoms with Crippen molar-refractivity contribution < 1.29 is 19.4 Å². The number of nitrogens with one attached hydrogen (secondary N) is 1. The molecular weight excluding hydrogens is 254 g/mol. The number of amides is 1. The monoisotopic (exact) mass is 269 g/mol. The minimum Gasteiger partial charge on any atom is -0.480 e. The van der Waals surface area contributed by atoms with Crippen LogP contribution in [0.1, 0.15) is 6.42 Å². The van der Waals surface area contributed by atoms with Gasteiger partial charge in [0.1, 0.15) is 5.75 Å². The van der Waals surface area contributed by atoms with Crippen LogP contribution in [0, 0.1) is 0 Å². The van der Waals surface area contributed by atoms with Crippen molar-refractivity contribution >= 4 is 29.3 Å². The molecule has 98 valence electrons. The van der Waals surface area contributed by atoms with Crippen molar-refractivity contribution in [3.63, 3.8) is 0 Å².